The molecule has 0 N–H and O–H groups in total. The second-order valence-electron chi connectivity index (χ2n) is 6.46. The Morgan fingerprint density at radius 1 is 0.741 bits per heavy atom. The first-order valence-electron chi connectivity index (χ1n) is 9.16. The fourth-order valence-electron chi connectivity index (χ4n) is 3.54. The zero-order valence-corrected chi connectivity index (χ0v) is 18.4. The van der Waals surface area contributed by atoms with Crippen LogP contribution in [-0.2, 0) is 9.53 Å². The molecule has 0 unspecified atom stereocenters. The predicted octanol–water partition coefficient (Wildman–Crippen LogP) is 3.28. The summed E-state index contributed by atoms with van der Waals surface area (Å²) in [5.41, 5.74) is 0. The van der Waals surface area contributed by atoms with Gasteiger partial charge in [-0.1, -0.05) is 0 Å². The third kappa shape index (κ3) is 4.50. The molecule has 0 aliphatic heterocycles. The molecule has 0 atom stereocenters. The number of ether oxygens (including phenoxy) is 1. The van der Waals surface area contributed by atoms with Gasteiger partial charge in [0.05, 0.1) is 0 Å². The molecule has 0 aromatic heterocycles. The van der Waals surface area contributed by atoms with Crippen molar-refractivity contribution in [3.05, 3.63) is 103 Å². The Hall–Kier alpha value is -2.33. The van der Waals surface area contributed by atoms with Gasteiger partial charge in [-0.15, -0.1) is 0 Å². The number of hydrogen-bond acceptors (Lipinski definition) is 2. The third-order valence-electron chi connectivity index (χ3n) is 4.90. The van der Waals surface area contributed by atoms with Gasteiger partial charge in [-0.05, 0) is 0 Å². The molecule has 3 aromatic carbocycles. The zero-order chi connectivity index (χ0) is 19.0. The summed E-state index contributed by atoms with van der Waals surface area (Å²) in [6.45, 7) is 0. The summed E-state index contributed by atoms with van der Waals surface area (Å²) >= 11 is -3.23. The van der Waals surface area contributed by atoms with Crippen LogP contribution in [0.15, 0.2) is 103 Å². The predicted molar refractivity (Wildman–Crippen MR) is 115 cm³/mol. The van der Waals surface area contributed by atoms with Crippen LogP contribution in [0.25, 0.3) is 0 Å². The number of hydrogen-bond donors (Lipinski definition) is 0. The van der Waals surface area contributed by atoms with Gasteiger partial charge in [0, 0.05) is 0 Å². The summed E-state index contributed by atoms with van der Waals surface area (Å²) in [6, 6.07) is 32.6. The molecule has 0 saturated heterocycles. The normalized spacial score (nSPS) is 11.4. The van der Waals surface area contributed by atoms with Crippen molar-refractivity contribution in [2.75, 3.05) is 7.11 Å². The van der Waals surface area contributed by atoms with Crippen LogP contribution in [0.5, 0.6) is 0 Å². The number of rotatable bonds is 7. The van der Waals surface area contributed by atoms with Crippen molar-refractivity contribution in [2.45, 2.75) is 10.9 Å². The summed E-state index contributed by atoms with van der Waals surface area (Å²) in [6.07, 6.45) is 4.45. The second kappa shape index (κ2) is 9.56. The number of carbonyl (C=O) groups is 1. The maximum atomic E-state index is 11.5. The molecule has 0 heterocycles. The van der Waals surface area contributed by atoms with Gasteiger partial charge in [0.25, 0.3) is 0 Å². The van der Waals surface area contributed by atoms with Crippen molar-refractivity contribution in [1.29, 1.82) is 0 Å². The van der Waals surface area contributed by atoms with Gasteiger partial charge < -0.3 is 0 Å². The van der Waals surface area contributed by atoms with Crippen LogP contribution in [0.3, 0.4) is 0 Å². The molecule has 136 valence electrons. The molecule has 27 heavy (non-hydrogen) atoms. The molecule has 0 aliphatic rings. The van der Waals surface area contributed by atoms with Crippen LogP contribution >= 0.6 is 0 Å². The van der Waals surface area contributed by atoms with E-state index in [1.54, 1.807) is 0 Å². The first-order chi connectivity index (χ1) is 13.3. The molecule has 0 fully saturated rings. The minimum absolute atomic E-state index is 0.203. The van der Waals surface area contributed by atoms with E-state index in [-0.39, 0.29) is 5.97 Å². The minimum atomic E-state index is -3.23. The molecule has 3 aromatic rings. The Labute approximate surface area is 165 Å². The molecular formula is C24H24O2Sn. The molecule has 2 nitrogen and oxygen atoms in total. The van der Waals surface area contributed by atoms with E-state index < -0.39 is 18.4 Å². The van der Waals surface area contributed by atoms with Crippen molar-refractivity contribution in [2.24, 2.45) is 0 Å². The first kappa shape index (κ1) is 19.4. The van der Waals surface area contributed by atoms with E-state index in [0.717, 1.165) is 4.44 Å². The standard InChI is InChI=1S/C6H9O2.3C6H5.Sn/c1-3-4-5-6(7)8-2;3*1-2-4-6-5-3-1;/h3-4H,1,5H2,2H3;3*1-5H;/b4-3-;;;;. The Morgan fingerprint density at radius 3 is 1.52 bits per heavy atom. The molecule has 0 amide bonds. The van der Waals surface area contributed by atoms with E-state index >= 15 is 0 Å². The van der Waals surface area contributed by atoms with Gasteiger partial charge in [0.2, 0.25) is 0 Å². The van der Waals surface area contributed by atoms with E-state index in [1.807, 2.05) is 6.08 Å². The Bertz CT molecular complexity index is 777. The van der Waals surface area contributed by atoms with Gasteiger partial charge in [-0.3, -0.25) is 0 Å². The molecule has 3 rings (SSSR count). The summed E-state index contributed by atoms with van der Waals surface area (Å²) < 4.78 is 10.0. The maximum absolute atomic E-state index is 11.5. The Balaban J connectivity index is 2.12. The molecule has 0 spiro atoms. The van der Waals surface area contributed by atoms with Gasteiger partial charge in [-0.25, -0.2) is 0 Å². The molecule has 0 aliphatic carbocycles. The van der Waals surface area contributed by atoms with Crippen LogP contribution < -0.4 is 10.7 Å². The van der Waals surface area contributed by atoms with E-state index in [4.69, 9.17) is 4.74 Å². The van der Waals surface area contributed by atoms with E-state index in [9.17, 15) is 4.79 Å². The van der Waals surface area contributed by atoms with Crippen LogP contribution in [0, 0.1) is 0 Å². The Kier molecular flexibility index (Phi) is 6.88. The SMILES string of the molecule is COC(=O)C/C=C\[CH2][Sn]([c]1ccccc1)([c]1ccccc1)[c]1ccccc1. The summed E-state index contributed by atoms with van der Waals surface area (Å²) in [5.74, 6) is -0.203. The molecule has 3 heteroatoms. The molecule has 0 bridgehead atoms. The second-order valence-corrected chi connectivity index (χ2v) is 17.7. The van der Waals surface area contributed by atoms with Gasteiger partial charge in [0.1, 0.15) is 0 Å². The summed E-state index contributed by atoms with van der Waals surface area (Å²) in [4.78, 5) is 11.5. The Morgan fingerprint density at radius 2 is 1.15 bits per heavy atom. The number of carbonyl (C=O) groups excluding carboxylic acids is 1. The first-order valence-corrected chi connectivity index (χ1v) is 15.5. The van der Waals surface area contributed by atoms with Crippen molar-refractivity contribution in [3.8, 4) is 0 Å². The molecule has 0 radical (unpaired) electrons. The van der Waals surface area contributed by atoms with E-state index in [2.05, 4.69) is 97.1 Å². The fourth-order valence-corrected chi connectivity index (χ4v) is 16.4. The summed E-state index contributed by atoms with van der Waals surface area (Å²) in [5, 5.41) is 0. The van der Waals surface area contributed by atoms with Crippen molar-refractivity contribution < 1.29 is 9.53 Å². The number of esters is 1. The number of allylic oxidation sites excluding steroid dienone is 1. The monoisotopic (exact) mass is 464 g/mol. The topological polar surface area (TPSA) is 26.3 Å². The zero-order valence-electron chi connectivity index (χ0n) is 15.5. The third-order valence-corrected chi connectivity index (χ3v) is 18.6. The fraction of sp³-hybridized carbons (Fsp3) is 0.125. The number of benzene rings is 3. The molecular weight excluding hydrogens is 439 g/mol. The van der Waals surface area contributed by atoms with Crippen molar-refractivity contribution in [1.82, 2.24) is 0 Å². The average Bonchev–Trinajstić information content (AvgIpc) is 2.75. The average molecular weight is 463 g/mol. The van der Waals surface area contributed by atoms with Crippen molar-refractivity contribution >= 4 is 35.1 Å². The van der Waals surface area contributed by atoms with Gasteiger partial charge in [-0.2, -0.15) is 0 Å². The van der Waals surface area contributed by atoms with Gasteiger partial charge >= 0.3 is 166 Å². The molecule has 0 saturated carbocycles. The van der Waals surface area contributed by atoms with Crippen LogP contribution in [-0.4, -0.2) is 31.5 Å². The summed E-state index contributed by atoms with van der Waals surface area (Å²) in [7, 11) is 1.43. The van der Waals surface area contributed by atoms with Gasteiger partial charge in [0.15, 0.2) is 0 Å². The van der Waals surface area contributed by atoms with Crippen LogP contribution in [0.1, 0.15) is 6.42 Å². The van der Waals surface area contributed by atoms with Crippen LogP contribution in [0.4, 0.5) is 0 Å². The van der Waals surface area contributed by atoms with Crippen molar-refractivity contribution in [3.63, 3.8) is 0 Å². The number of methoxy groups -OCH3 is 1. The van der Waals surface area contributed by atoms with Crippen LogP contribution in [0.2, 0.25) is 4.44 Å². The van der Waals surface area contributed by atoms with E-state index in [0.29, 0.717) is 6.42 Å². The quantitative estimate of drug-likeness (QED) is 0.306. The van der Waals surface area contributed by atoms with E-state index in [1.165, 1.54) is 17.8 Å².